The second-order valence-electron chi connectivity index (χ2n) is 7.03. The molecule has 0 aromatic heterocycles. The highest BCUT2D eigenvalue weighted by atomic mass is 32.2. The topological polar surface area (TPSA) is 69.7 Å². The van der Waals surface area contributed by atoms with E-state index in [9.17, 15) is 13.2 Å². The number of likely N-dealkylation sites (tertiary alicyclic amines) is 1. The molecule has 1 amide bonds. The molecule has 26 heavy (non-hydrogen) atoms. The maximum Gasteiger partial charge on any atom is 0.243 e. The summed E-state index contributed by atoms with van der Waals surface area (Å²) >= 11 is 0. The maximum absolute atomic E-state index is 12.5. The van der Waals surface area contributed by atoms with Crippen LogP contribution < -0.4 is 5.32 Å². The summed E-state index contributed by atoms with van der Waals surface area (Å²) in [5.41, 5.74) is 0.994. The lowest BCUT2D eigenvalue weighted by molar-refractivity contribution is -0.121. The van der Waals surface area contributed by atoms with Crippen molar-refractivity contribution in [1.82, 2.24) is 14.5 Å². The predicted octanol–water partition coefficient (Wildman–Crippen LogP) is 2.00. The first-order valence-corrected chi connectivity index (χ1v) is 10.9. The van der Waals surface area contributed by atoms with E-state index in [-0.39, 0.29) is 17.3 Å². The summed E-state index contributed by atoms with van der Waals surface area (Å²) in [6, 6.07) is 6.65. The average Bonchev–Trinajstić information content (AvgIpc) is 2.88. The summed E-state index contributed by atoms with van der Waals surface area (Å²) in [4.78, 5) is 14.7. The monoisotopic (exact) mass is 381 g/mol. The van der Waals surface area contributed by atoms with E-state index in [2.05, 4.69) is 10.2 Å². The highest BCUT2D eigenvalue weighted by Crippen LogP contribution is 2.14. The number of sulfonamides is 1. The number of carbonyl (C=O) groups is 1. The number of hydrogen-bond donors (Lipinski definition) is 1. The van der Waals surface area contributed by atoms with Gasteiger partial charge in [-0.3, -0.25) is 4.79 Å². The van der Waals surface area contributed by atoms with E-state index in [1.165, 1.54) is 32.7 Å². The second kappa shape index (κ2) is 10.0. The van der Waals surface area contributed by atoms with Gasteiger partial charge in [-0.25, -0.2) is 8.42 Å². The normalized spacial score (nSPS) is 16.4. The number of benzene rings is 1. The minimum Gasteiger partial charge on any atom is -0.355 e. The summed E-state index contributed by atoms with van der Waals surface area (Å²) in [7, 11) is -2.20. The molecule has 1 N–H and O–H groups in total. The van der Waals surface area contributed by atoms with E-state index in [0.29, 0.717) is 6.54 Å². The van der Waals surface area contributed by atoms with Gasteiger partial charge in [-0.15, -0.1) is 0 Å². The van der Waals surface area contributed by atoms with Crippen molar-refractivity contribution in [3.8, 4) is 0 Å². The Bertz CT molecular complexity index is 666. The lowest BCUT2D eigenvalue weighted by Crippen LogP contribution is -2.39. The van der Waals surface area contributed by atoms with Gasteiger partial charge in [0.1, 0.15) is 0 Å². The van der Waals surface area contributed by atoms with Crippen LogP contribution in [0.5, 0.6) is 0 Å². The van der Waals surface area contributed by atoms with E-state index < -0.39 is 10.0 Å². The Morgan fingerprint density at radius 3 is 2.35 bits per heavy atom. The fourth-order valence-electron chi connectivity index (χ4n) is 3.12. The summed E-state index contributed by atoms with van der Waals surface area (Å²) in [6.07, 6.45) is 6.03. The summed E-state index contributed by atoms with van der Waals surface area (Å²) in [5.74, 6) is -0.265. The van der Waals surface area contributed by atoms with Crippen LogP contribution in [0.3, 0.4) is 0 Å². The van der Waals surface area contributed by atoms with Crippen LogP contribution in [0.25, 0.3) is 0 Å². The molecular weight excluding hydrogens is 350 g/mol. The second-order valence-corrected chi connectivity index (χ2v) is 9.08. The summed E-state index contributed by atoms with van der Waals surface area (Å²) < 4.78 is 26.1. The van der Waals surface area contributed by atoms with Crippen LogP contribution in [0.1, 0.15) is 37.7 Å². The van der Waals surface area contributed by atoms with E-state index in [1.807, 2.05) is 6.92 Å². The van der Waals surface area contributed by atoms with Crippen molar-refractivity contribution in [3.63, 3.8) is 0 Å². The van der Waals surface area contributed by atoms with Gasteiger partial charge >= 0.3 is 0 Å². The maximum atomic E-state index is 12.5. The van der Waals surface area contributed by atoms with Crippen molar-refractivity contribution in [3.05, 3.63) is 29.8 Å². The lowest BCUT2D eigenvalue weighted by atomic mass is 10.2. The van der Waals surface area contributed by atoms with Crippen molar-refractivity contribution in [2.75, 3.05) is 39.8 Å². The van der Waals surface area contributed by atoms with Gasteiger partial charge < -0.3 is 10.2 Å². The minimum absolute atomic E-state index is 0.167. The molecule has 2 rings (SSSR count). The largest absolute Gasteiger partial charge is 0.355 e. The standard InChI is InChI=1S/C19H31N3O3S/c1-17-8-10-18(11-9-17)26(24,25)21(2)16-19(23)20-12-7-15-22-13-5-3-4-6-14-22/h8-11H,3-7,12-16H2,1-2H3,(H,20,23). The lowest BCUT2D eigenvalue weighted by Gasteiger charge is -2.20. The van der Waals surface area contributed by atoms with Crippen molar-refractivity contribution < 1.29 is 13.2 Å². The van der Waals surface area contributed by atoms with Gasteiger partial charge in [-0.05, 0) is 58.0 Å². The van der Waals surface area contributed by atoms with Crippen LogP contribution in [0.2, 0.25) is 0 Å². The molecule has 7 heteroatoms. The number of rotatable bonds is 8. The molecule has 0 unspecified atom stereocenters. The highest BCUT2D eigenvalue weighted by Gasteiger charge is 2.22. The summed E-state index contributed by atoms with van der Waals surface area (Å²) in [6.45, 7) is 5.58. The molecule has 0 bridgehead atoms. The zero-order valence-corrected chi connectivity index (χ0v) is 16.7. The minimum atomic E-state index is -3.64. The predicted molar refractivity (Wildman–Crippen MR) is 104 cm³/mol. The Kier molecular flexibility index (Phi) is 8.06. The first-order valence-electron chi connectivity index (χ1n) is 9.41. The zero-order valence-electron chi connectivity index (χ0n) is 15.9. The molecule has 0 saturated carbocycles. The van der Waals surface area contributed by atoms with Gasteiger partial charge in [0, 0.05) is 13.6 Å². The molecule has 0 aliphatic carbocycles. The molecular formula is C19H31N3O3S. The molecule has 6 nitrogen and oxygen atoms in total. The number of likely N-dealkylation sites (N-methyl/N-ethyl adjacent to an activating group) is 1. The number of nitrogens with zero attached hydrogens (tertiary/aromatic N) is 2. The van der Waals surface area contributed by atoms with E-state index in [0.717, 1.165) is 35.9 Å². The van der Waals surface area contributed by atoms with Crippen LogP contribution in [-0.2, 0) is 14.8 Å². The van der Waals surface area contributed by atoms with Crippen LogP contribution in [0.15, 0.2) is 29.2 Å². The van der Waals surface area contributed by atoms with Gasteiger partial charge in [0.05, 0.1) is 11.4 Å². The third-order valence-corrected chi connectivity index (χ3v) is 6.59. The Morgan fingerprint density at radius 2 is 1.73 bits per heavy atom. The first-order chi connectivity index (χ1) is 12.4. The van der Waals surface area contributed by atoms with Crippen LogP contribution >= 0.6 is 0 Å². The van der Waals surface area contributed by atoms with Gasteiger partial charge in [0.25, 0.3) is 0 Å². The molecule has 0 radical (unpaired) electrons. The number of carbonyl (C=O) groups excluding carboxylic acids is 1. The van der Waals surface area contributed by atoms with Crippen LogP contribution in [0, 0.1) is 6.92 Å². The van der Waals surface area contributed by atoms with Gasteiger partial charge in [0.2, 0.25) is 15.9 Å². The van der Waals surface area contributed by atoms with Gasteiger partial charge in [0.15, 0.2) is 0 Å². The van der Waals surface area contributed by atoms with Crippen molar-refractivity contribution in [2.24, 2.45) is 0 Å². The number of aryl methyl sites for hydroxylation is 1. The molecule has 0 atom stereocenters. The molecule has 1 aliphatic rings. The molecule has 1 fully saturated rings. The fraction of sp³-hybridized carbons (Fsp3) is 0.632. The van der Waals surface area contributed by atoms with Crippen molar-refractivity contribution >= 4 is 15.9 Å². The third kappa shape index (κ3) is 6.37. The molecule has 146 valence electrons. The zero-order chi connectivity index (χ0) is 19.0. The SMILES string of the molecule is Cc1ccc(S(=O)(=O)N(C)CC(=O)NCCCN2CCCCCC2)cc1. The Labute approximate surface area is 157 Å². The van der Waals surface area contributed by atoms with E-state index in [4.69, 9.17) is 0 Å². The van der Waals surface area contributed by atoms with Gasteiger partial charge in [-0.1, -0.05) is 30.5 Å². The number of amides is 1. The molecule has 1 aromatic rings. The highest BCUT2D eigenvalue weighted by molar-refractivity contribution is 7.89. The Balaban J connectivity index is 1.73. The third-order valence-electron chi connectivity index (χ3n) is 4.77. The molecule has 1 heterocycles. The molecule has 1 saturated heterocycles. The molecule has 0 spiro atoms. The van der Waals surface area contributed by atoms with E-state index >= 15 is 0 Å². The molecule has 1 aromatic carbocycles. The smallest absolute Gasteiger partial charge is 0.243 e. The Morgan fingerprint density at radius 1 is 1.12 bits per heavy atom. The first kappa shape index (κ1) is 20.9. The number of nitrogens with one attached hydrogen (secondary N) is 1. The van der Waals surface area contributed by atoms with Crippen molar-refractivity contribution in [2.45, 2.75) is 43.9 Å². The van der Waals surface area contributed by atoms with Crippen molar-refractivity contribution in [1.29, 1.82) is 0 Å². The van der Waals surface area contributed by atoms with Crippen LogP contribution in [0.4, 0.5) is 0 Å². The summed E-state index contributed by atoms with van der Waals surface area (Å²) in [5, 5.41) is 2.83. The average molecular weight is 382 g/mol. The van der Waals surface area contributed by atoms with E-state index in [1.54, 1.807) is 24.3 Å². The molecule has 1 aliphatic heterocycles. The fourth-order valence-corrected chi connectivity index (χ4v) is 4.25. The Hall–Kier alpha value is -1.44. The van der Waals surface area contributed by atoms with Gasteiger partial charge in [-0.2, -0.15) is 4.31 Å². The van der Waals surface area contributed by atoms with Crippen LogP contribution in [-0.4, -0.2) is 63.3 Å². The number of hydrogen-bond acceptors (Lipinski definition) is 4. The quantitative estimate of drug-likeness (QED) is 0.699.